The van der Waals surface area contributed by atoms with Crippen molar-refractivity contribution in [3.05, 3.63) is 22.2 Å². The molecule has 21 heavy (non-hydrogen) atoms. The maximum absolute atomic E-state index is 11.5. The maximum atomic E-state index is 11.5. The van der Waals surface area contributed by atoms with Gasteiger partial charge >= 0.3 is 5.97 Å². The molecule has 0 aliphatic rings. The van der Waals surface area contributed by atoms with Crippen molar-refractivity contribution in [3.8, 4) is 11.5 Å². The summed E-state index contributed by atoms with van der Waals surface area (Å²) in [5.41, 5.74) is 0.0770. The number of hydrogen-bond acceptors (Lipinski definition) is 4. The zero-order valence-corrected chi connectivity index (χ0v) is 13.5. The topological polar surface area (TPSA) is 84.9 Å². The summed E-state index contributed by atoms with van der Waals surface area (Å²) in [6.07, 6.45) is 0.840. The van der Waals surface area contributed by atoms with Crippen molar-refractivity contribution in [2.75, 3.05) is 19.8 Å². The van der Waals surface area contributed by atoms with E-state index in [0.717, 1.165) is 6.42 Å². The number of carboxylic acids is 1. The first-order chi connectivity index (χ1) is 9.99. The first kappa shape index (κ1) is 17.3. The lowest BCUT2D eigenvalue weighted by atomic mass is 10.2. The molecule has 0 heterocycles. The summed E-state index contributed by atoms with van der Waals surface area (Å²) in [7, 11) is 0. The Hall–Kier alpha value is -1.76. The number of ether oxygens (including phenoxy) is 2. The summed E-state index contributed by atoms with van der Waals surface area (Å²) in [5.74, 6) is -0.710. The van der Waals surface area contributed by atoms with Crippen molar-refractivity contribution < 1.29 is 24.2 Å². The molecule has 0 saturated heterocycles. The number of nitrogens with one attached hydrogen (secondary N) is 1. The molecule has 0 aliphatic carbocycles. The van der Waals surface area contributed by atoms with Crippen LogP contribution in [-0.2, 0) is 4.79 Å². The fraction of sp³-hybridized carbons (Fsp3) is 0.429. The average molecular weight is 360 g/mol. The second-order valence-corrected chi connectivity index (χ2v) is 5.02. The van der Waals surface area contributed by atoms with Crippen LogP contribution in [0.2, 0.25) is 0 Å². The third kappa shape index (κ3) is 5.26. The van der Waals surface area contributed by atoms with E-state index in [1.54, 1.807) is 6.92 Å². The van der Waals surface area contributed by atoms with Crippen LogP contribution in [0.4, 0.5) is 0 Å². The van der Waals surface area contributed by atoms with Crippen LogP contribution in [-0.4, -0.2) is 36.7 Å². The highest BCUT2D eigenvalue weighted by atomic mass is 79.9. The minimum Gasteiger partial charge on any atom is -0.490 e. The quantitative estimate of drug-likeness (QED) is 0.744. The molecule has 1 aromatic carbocycles. The molecule has 0 atom stereocenters. The van der Waals surface area contributed by atoms with Gasteiger partial charge < -0.3 is 19.9 Å². The van der Waals surface area contributed by atoms with Crippen LogP contribution in [0.3, 0.4) is 0 Å². The Labute approximate surface area is 131 Å². The Morgan fingerprint density at radius 3 is 2.57 bits per heavy atom. The van der Waals surface area contributed by atoms with Gasteiger partial charge in [-0.15, -0.1) is 0 Å². The lowest BCUT2D eigenvalue weighted by Gasteiger charge is -2.14. The minimum absolute atomic E-state index is 0.0770. The molecule has 0 spiro atoms. The molecule has 2 N–H and O–H groups in total. The van der Waals surface area contributed by atoms with E-state index in [1.165, 1.54) is 12.1 Å². The largest absolute Gasteiger partial charge is 0.490 e. The van der Waals surface area contributed by atoms with Crippen LogP contribution >= 0.6 is 15.9 Å². The molecule has 116 valence electrons. The SMILES string of the molecule is CCCNC(=O)COc1c(Br)cc(C(=O)O)cc1OCC. The zero-order valence-electron chi connectivity index (χ0n) is 11.9. The number of carbonyl (C=O) groups is 2. The first-order valence-corrected chi connectivity index (χ1v) is 7.38. The highest BCUT2D eigenvalue weighted by Crippen LogP contribution is 2.36. The van der Waals surface area contributed by atoms with E-state index in [4.69, 9.17) is 14.6 Å². The third-order valence-electron chi connectivity index (χ3n) is 2.48. The number of benzene rings is 1. The molecule has 7 heteroatoms. The predicted octanol–water partition coefficient (Wildman–Crippen LogP) is 2.45. The second kappa shape index (κ2) is 8.51. The summed E-state index contributed by atoms with van der Waals surface area (Å²) in [4.78, 5) is 22.6. The van der Waals surface area contributed by atoms with E-state index in [1.807, 2.05) is 6.92 Å². The predicted molar refractivity (Wildman–Crippen MR) is 81.1 cm³/mol. The number of carboxylic acid groups (broad SMARTS) is 1. The summed E-state index contributed by atoms with van der Waals surface area (Å²) in [6, 6.07) is 2.78. The minimum atomic E-state index is -1.07. The van der Waals surface area contributed by atoms with Crippen LogP contribution in [0.5, 0.6) is 11.5 Å². The molecule has 0 aromatic heterocycles. The molecule has 0 radical (unpaired) electrons. The van der Waals surface area contributed by atoms with E-state index in [-0.39, 0.29) is 23.8 Å². The fourth-order valence-electron chi connectivity index (χ4n) is 1.55. The Kier molecular flexibility index (Phi) is 7.01. The van der Waals surface area contributed by atoms with Crippen LogP contribution in [0.15, 0.2) is 16.6 Å². The van der Waals surface area contributed by atoms with Crippen molar-refractivity contribution in [1.82, 2.24) is 5.32 Å². The summed E-state index contributed by atoms with van der Waals surface area (Å²) < 4.78 is 11.2. The van der Waals surface area contributed by atoms with E-state index >= 15 is 0 Å². The van der Waals surface area contributed by atoms with Crippen molar-refractivity contribution in [1.29, 1.82) is 0 Å². The maximum Gasteiger partial charge on any atom is 0.335 e. The van der Waals surface area contributed by atoms with Gasteiger partial charge in [0, 0.05) is 6.54 Å². The van der Waals surface area contributed by atoms with Crippen LogP contribution in [0, 0.1) is 0 Å². The van der Waals surface area contributed by atoms with Crippen LogP contribution in [0.25, 0.3) is 0 Å². The number of carbonyl (C=O) groups excluding carboxylic acids is 1. The molecule has 0 fully saturated rings. The second-order valence-electron chi connectivity index (χ2n) is 4.16. The number of rotatable bonds is 8. The number of amides is 1. The van der Waals surface area contributed by atoms with Gasteiger partial charge in [0.15, 0.2) is 18.1 Å². The van der Waals surface area contributed by atoms with Crippen molar-refractivity contribution in [3.63, 3.8) is 0 Å². The van der Waals surface area contributed by atoms with E-state index in [2.05, 4.69) is 21.2 Å². The summed E-state index contributed by atoms with van der Waals surface area (Å²) in [6.45, 7) is 4.51. The van der Waals surface area contributed by atoms with Crippen molar-refractivity contribution >= 4 is 27.8 Å². The van der Waals surface area contributed by atoms with Gasteiger partial charge in [0.1, 0.15) is 0 Å². The van der Waals surface area contributed by atoms with Crippen LogP contribution < -0.4 is 14.8 Å². The first-order valence-electron chi connectivity index (χ1n) is 6.58. The molecule has 6 nitrogen and oxygen atoms in total. The molecular weight excluding hydrogens is 342 g/mol. The number of hydrogen-bond donors (Lipinski definition) is 2. The fourth-order valence-corrected chi connectivity index (χ4v) is 2.10. The zero-order chi connectivity index (χ0) is 15.8. The van der Waals surface area contributed by atoms with Gasteiger partial charge in [0.05, 0.1) is 16.6 Å². The third-order valence-corrected chi connectivity index (χ3v) is 3.07. The van der Waals surface area contributed by atoms with Gasteiger partial charge in [0.25, 0.3) is 5.91 Å². The molecule has 0 aliphatic heterocycles. The smallest absolute Gasteiger partial charge is 0.335 e. The van der Waals surface area contributed by atoms with Gasteiger partial charge in [-0.05, 0) is 41.4 Å². The average Bonchev–Trinajstić information content (AvgIpc) is 2.44. The Morgan fingerprint density at radius 2 is 2.00 bits per heavy atom. The van der Waals surface area contributed by atoms with Crippen LogP contribution in [0.1, 0.15) is 30.6 Å². The lowest BCUT2D eigenvalue weighted by molar-refractivity contribution is -0.123. The molecule has 0 unspecified atom stereocenters. The van der Waals surface area contributed by atoms with Gasteiger partial charge in [0.2, 0.25) is 0 Å². The Bertz CT molecular complexity index is 518. The van der Waals surface area contributed by atoms with Gasteiger partial charge in [-0.1, -0.05) is 6.92 Å². The molecule has 1 rings (SSSR count). The molecule has 1 aromatic rings. The number of halogens is 1. The Morgan fingerprint density at radius 1 is 1.29 bits per heavy atom. The summed E-state index contributed by atoms with van der Waals surface area (Å²) in [5, 5.41) is 11.7. The molecule has 0 saturated carbocycles. The summed E-state index contributed by atoms with van der Waals surface area (Å²) >= 11 is 3.24. The van der Waals surface area contributed by atoms with E-state index in [0.29, 0.717) is 23.4 Å². The highest BCUT2D eigenvalue weighted by molar-refractivity contribution is 9.10. The van der Waals surface area contributed by atoms with E-state index < -0.39 is 5.97 Å². The van der Waals surface area contributed by atoms with Gasteiger partial charge in [-0.25, -0.2) is 4.79 Å². The van der Waals surface area contributed by atoms with Crippen molar-refractivity contribution in [2.45, 2.75) is 20.3 Å². The van der Waals surface area contributed by atoms with Crippen molar-refractivity contribution in [2.24, 2.45) is 0 Å². The lowest BCUT2D eigenvalue weighted by Crippen LogP contribution is -2.29. The van der Waals surface area contributed by atoms with Gasteiger partial charge in [-0.2, -0.15) is 0 Å². The monoisotopic (exact) mass is 359 g/mol. The molecule has 1 amide bonds. The highest BCUT2D eigenvalue weighted by Gasteiger charge is 2.16. The van der Waals surface area contributed by atoms with E-state index in [9.17, 15) is 9.59 Å². The molecular formula is C14H18BrNO5. The normalized spacial score (nSPS) is 10.0. The standard InChI is InChI=1S/C14H18BrNO5/c1-3-5-16-12(17)8-21-13-10(15)6-9(14(18)19)7-11(13)20-4-2/h6-7H,3-5,8H2,1-2H3,(H,16,17)(H,18,19). The molecule has 0 bridgehead atoms. The Balaban J connectivity index is 2.89. The number of aromatic carboxylic acids is 1. The van der Waals surface area contributed by atoms with Gasteiger partial charge in [-0.3, -0.25) is 4.79 Å².